The molecule has 0 fully saturated rings. The van der Waals surface area contributed by atoms with E-state index >= 15 is 0 Å². The maximum Gasteiger partial charge on any atom is 0.226 e. The highest BCUT2D eigenvalue weighted by Gasteiger charge is 2.10. The van der Waals surface area contributed by atoms with Gasteiger partial charge in [-0.25, -0.2) is 9.97 Å². The maximum absolute atomic E-state index is 6.02. The van der Waals surface area contributed by atoms with Gasteiger partial charge in [0, 0.05) is 17.3 Å². The Balaban J connectivity index is 1.71. The lowest BCUT2D eigenvalue weighted by Gasteiger charge is -2.11. The second-order valence-corrected chi connectivity index (χ2v) is 6.25. The van der Waals surface area contributed by atoms with Crippen molar-refractivity contribution in [3.05, 3.63) is 83.4 Å². The summed E-state index contributed by atoms with van der Waals surface area (Å²) in [6.45, 7) is 4.13. The van der Waals surface area contributed by atoms with Crippen molar-refractivity contribution in [3.63, 3.8) is 0 Å². The van der Waals surface area contributed by atoms with E-state index in [2.05, 4.69) is 23.0 Å². The summed E-state index contributed by atoms with van der Waals surface area (Å²) in [5, 5.41) is 0. The first-order chi connectivity index (χ1) is 13.2. The normalized spacial score (nSPS) is 11.3. The molecule has 2 aromatic heterocycles. The van der Waals surface area contributed by atoms with E-state index in [0.29, 0.717) is 11.8 Å². The van der Waals surface area contributed by atoms with Crippen LogP contribution in [0.1, 0.15) is 29.6 Å². The summed E-state index contributed by atoms with van der Waals surface area (Å²) in [6.07, 6.45) is 4.70. The number of rotatable bonds is 5. The molecular weight excluding hydrogens is 336 g/mol. The van der Waals surface area contributed by atoms with Crippen molar-refractivity contribution >= 4 is 23.3 Å². The van der Waals surface area contributed by atoms with Gasteiger partial charge in [-0.05, 0) is 55.3 Å². The monoisotopic (exact) mass is 356 g/mol. The van der Waals surface area contributed by atoms with Crippen LogP contribution in [-0.2, 0) is 6.42 Å². The number of nitrogens with zero attached hydrogens (tertiary/aromatic N) is 2. The summed E-state index contributed by atoms with van der Waals surface area (Å²) in [6, 6.07) is 19.5. The molecule has 4 rings (SSSR count). The second-order valence-electron chi connectivity index (χ2n) is 6.25. The molecule has 0 radical (unpaired) electrons. The van der Waals surface area contributed by atoms with Crippen molar-refractivity contribution in [1.29, 1.82) is 0 Å². The first-order valence-corrected chi connectivity index (χ1v) is 9.00. The van der Waals surface area contributed by atoms with Gasteiger partial charge >= 0.3 is 0 Å². The van der Waals surface area contributed by atoms with Gasteiger partial charge in [0.15, 0.2) is 5.58 Å². The summed E-state index contributed by atoms with van der Waals surface area (Å²) in [7, 11) is 0. The molecule has 134 valence electrons. The molecule has 0 saturated heterocycles. The average molecular weight is 356 g/mol. The maximum atomic E-state index is 6.02. The zero-order chi connectivity index (χ0) is 18.6. The van der Waals surface area contributed by atoms with E-state index < -0.39 is 0 Å². The predicted molar refractivity (Wildman–Crippen MR) is 108 cm³/mol. The van der Waals surface area contributed by atoms with Gasteiger partial charge < -0.3 is 9.15 Å². The zero-order valence-corrected chi connectivity index (χ0v) is 15.3. The molecule has 4 nitrogen and oxygen atoms in total. The molecule has 0 spiro atoms. The summed E-state index contributed by atoms with van der Waals surface area (Å²) >= 11 is 0. The van der Waals surface area contributed by atoms with Gasteiger partial charge in [0.2, 0.25) is 11.8 Å². The van der Waals surface area contributed by atoms with Crippen LogP contribution in [0.4, 0.5) is 0 Å². The summed E-state index contributed by atoms with van der Waals surface area (Å²) in [4.78, 5) is 9.16. The van der Waals surface area contributed by atoms with Crippen molar-refractivity contribution in [3.8, 4) is 11.6 Å². The Morgan fingerprint density at radius 2 is 1.74 bits per heavy atom. The van der Waals surface area contributed by atoms with Crippen LogP contribution in [0.25, 0.3) is 23.3 Å². The molecule has 27 heavy (non-hydrogen) atoms. The predicted octanol–water partition coefficient (Wildman–Crippen LogP) is 6.06. The number of hydrogen-bond donors (Lipinski definition) is 0. The molecule has 0 atom stereocenters. The first-order valence-electron chi connectivity index (χ1n) is 9.00. The number of hydrogen-bond acceptors (Lipinski definition) is 4. The Kier molecular flexibility index (Phi) is 4.71. The molecule has 4 heteroatoms. The third-order valence-electron chi connectivity index (χ3n) is 4.37. The number of ether oxygens (including phenoxy) is 1. The number of para-hydroxylation sites is 3. The number of fused-ring (bicyclic) bond motifs is 1. The lowest BCUT2D eigenvalue weighted by molar-refractivity contribution is 0.460. The molecule has 0 aliphatic rings. The number of benzene rings is 2. The van der Waals surface area contributed by atoms with Gasteiger partial charge in [0.05, 0.1) is 0 Å². The van der Waals surface area contributed by atoms with Crippen molar-refractivity contribution in [2.75, 3.05) is 0 Å². The van der Waals surface area contributed by atoms with Crippen molar-refractivity contribution in [1.82, 2.24) is 9.97 Å². The standard InChI is InChI=1S/C23H20N2O2/c1-3-17-15-18(13-14-22-25-20-11-7-8-12-21(20)27-22)23(24-16(17)2)26-19-9-5-4-6-10-19/h4-15H,3H2,1-2H3. The topological polar surface area (TPSA) is 48.2 Å². The van der Waals surface area contributed by atoms with E-state index in [1.165, 1.54) is 5.56 Å². The molecule has 0 bridgehead atoms. The largest absolute Gasteiger partial charge is 0.438 e. The minimum absolute atomic E-state index is 0.556. The molecule has 0 saturated carbocycles. The quantitative estimate of drug-likeness (QED) is 0.436. The molecule has 0 N–H and O–H groups in total. The smallest absolute Gasteiger partial charge is 0.226 e. The fourth-order valence-electron chi connectivity index (χ4n) is 2.92. The Morgan fingerprint density at radius 1 is 0.963 bits per heavy atom. The highest BCUT2D eigenvalue weighted by atomic mass is 16.5. The highest BCUT2D eigenvalue weighted by molar-refractivity contribution is 5.76. The molecule has 0 unspecified atom stereocenters. The van der Waals surface area contributed by atoms with Crippen molar-refractivity contribution < 1.29 is 9.15 Å². The molecule has 0 aliphatic carbocycles. The minimum atomic E-state index is 0.556. The van der Waals surface area contributed by atoms with Gasteiger partial charge in [-0.2, -0.15) is 0 Å². The zero-order valence-electron chi connectivity index (χ0n) is 15.3. The fraction of sp³-hybridized carbons (Fsp3) is 0.130. The molecule has 2 aromatic carbocycles. The number of aromatic nitrogens is 2. The number of oxazole rings is 1. The van der Waals surface area contributed by atoms with Crippen molar-refractivity contribution in [2.45, 2.75) is 20.3 Å². The van der Waals surface area contributed by atoms with Gasteiger partial charge in [-0.15, -0.1) is 0 Å². The van der Waals surface area contributed by atoms with Crippen LogP contribution in [0.3, 0.4) is 0 Å². The van der Waals surface area contributed by atoms with E-state index in [-0.39, 0.29) is 0 Å². The van der Waals surface area contributed by atoms with E-state index in [4.69, 9.17) is 9.15 Å². The van der Waals surface area contributed by atoms with E-state index in [1.54, 1.807) is 0 Å². The first kappa shape index (κ1) is 17.0. The molecule has 0 aliphatic heterocycles. The van der Waals surface area contributed by atoms with Gasteiger partial charge in [-0.1, -0.05) is 37.3 Å². The van der Waals surface area contributed by atoms with E-state index in [0.717, 1.165) is 34.5 Å². The summed E-state index contributed by atoms with van der Waals surface area (Å²) in [5.41, 5.74) is 4.67. The number of pyridine rings is 1. The molecule has 2 heterocycles. The second kappa shape index (κ2) is 7.46. The van der Waals surface area contributed by atoms with Crippen LogP contribution in [0.2, 0.25) is 0 Å². The van der Waals surface area contributed by atoms with Crippen LogP contribution in [0, 0.1) is 6.92 Å². The molecule has 0 amide bonds. The third-order valence-corrected chi connectivity index (χ3v) is 4.37. The molecular formula is C23H20N2O2. The van der Waals surface area contributed by atoms with E-state index in [1.807, 2.05) is 73.7 Å². The SMILES string of the molecule is CCc1cc(C=Cc2nc3ccccc3o2)c(Oc2ccccc2)nc1C. The fourth-order valence-corrected chi connectivity index (χ4v) is 2.92. The lowest BCUT2D eigenvalue weighted by Crippen LogP contribution is -1.98. The third kappa shape index (κ3) is 3.75. The molecule has 4 aromatic rings. The van der Waals surface area contributed by atoms with Gasteiger partial charge in [0.1, 0.15) is 11.3 Å². The van der Waals surface area contributed by atoms with Crippen LogP contribution >= 0.6 is 0 Å². The van der Waals surface area contributed by atoms with Gasteiger partial charge in [0.25, 0.3) is 0 Å². The average Bonchev–Trinajstić information content (AvgIpc) is 3.11. The van der Waals surface area contributed by atoms with Gasteiger partial charge in [-0.3, -0.25) is 0 Å². The summed E-state index contributed by atoms with van der Waals surface area (Å²) < 4.78 is 11.8. The minimum Gasteiger partial charge on any atom is -0.438 e. The van der Waals surface area contributed by atoms with Crippen LogP contribution in [-0.4, -0.2) is 9.97 Å². The Bertz CT molecular complexity index is 1070. The Hall–Kier alpha value is -3.40. The number of aryl methyl sites for hydroxylation is 2. The van der Waals surface area contributed by atoms with Crippen LogP contribution in [0.5, 0.6) is 11.6 Å². The van der Waals surface area contributed by atoms with Crippen LogP contribution in [0.15, 0.2) is 65.1 Å². The van der Waals surface area contributed by atoms with E-state index in [9.17, 15) is 0 Å². The lowest BCUT2D eigenvalue weighted by atomic mass is 10.1. The van der Waals surface area contributed by atoms with Crippen molar-refractivity contribution in [2.24, 2.45) is 0 Å². The summed E-state index contributed by atoms with van der Waals surface area (Å²) in [5.74, 6) is 1.88. The Labute approximate surface area is 158 Å². The van der Waals surface area contributed by atoms with Crippen LogP contribution < -0.4 is 4.74 Å². The highest BCUT2D eigenvalue weighted by Crippen LogP contribution is 2.27. The Morgan fingerprint density at radius 3 is 2.52 bits per heavy atom.